The zero-order valence-electron chi connectivity index (χ0n) is 14.7. The molecule has 6 nitrogen and oxygen atoms in total. The van der Waals surface area contributed by atoms with Gasteiger partial charge in [-0.15, -0.1) is 0 Å². The number of amides is 2. The molecule has 0 fully saturated rings. The summed E-state index contributed by atoms with van der Waals surface area (Å²) in [4.78, 5) is 23.9. The van der Waals surface area contributed by atoms with Crippen LogP contribution in [0.15, 0.2) is 18.3 Å². The van der Waals surface area contributed by atoms with Gasteiger partial charge < -0.3 is 10.6 Å². The van der Waals surface area contributed by atoms with Crippen molar-refractivity contribution < 1.29 is 14.0 Å². The molecule has 0 radical (unpaired) electrons. The monoisotopic (exact) mass is 344 g/mol. The van der Waals surface area contributed by atoms with Crippen molar-refractivity contribution in [1.29, 1.82) is 0 Å². The second-order valence-corrected chi connectivity index (χ2v) is 7.22. The summed E-state index contributed by atoms with van der Waals surface area (Å²) >= 11 is 0. The van der Waals surface area contributed by atoms with E-state index in [1.165, 1.54) is 12.3 Å². The Morgan fingerprint density at radius 3 is 2.68 bits per heavy atom. The molecular weight excluding hydrogens is 323 g/mol. The van der Waals surface area contributed by atoms with Crippen LogP contribution in [0.25, 0.3) is 0 Å². The number of aromatic nitrogens is 2. The molecule has 0 spiro atoms. The average Bonchev–Trinajstić information content (AvgIpc) is 2.90. The van der Waals surface area contributed by atoms with Crippen molar-refractivity contribution in [2.75, 3.05) is 10.6 Å². The van der Waals surface area contributed by atoms with Crippen LogP contribution in [-0.4, -0.2) is 21.6 Å². The lowest BCUT2D eigenvalue weighted by atomic mass is 10.0. The molecule has 2 heterocycles. The number of halogens is 1. The molecule has 0 atom stereocenters. The number of fused-ring (bicyclic) bond motifs is 1. The summed E-state index contributed by atoms with van der Waals surface area (Å²) in [5, 5.41) is 9.52. The van der Waals surface area contributed by atoms with Crippen LogP contribution in [0.3, 0.4) is 0 Å². The van der Waals surface area contributed by atoms with E-state index in [1.54, 1.807) is 10.7 Å². The molecular formula is C18H21FN4O2. The third-order valence-corrected chi connectivity index (χ3v) is 4.23. The molecule has 132 valence electrons. The van der Waals surface area contributed by atoms with Crippen LogP contribution in [0, 0.1) is 12.7 Å². The van der Waals surface area contributed by atoms with Gasteiger partial charge in [0.1, 0.15) is 5.82 Å². The van der Waals surface area contributed by atoms with Gasteiger partial charge in [0.25, 0.3) is 5.91 Å². The standard InChI is InChI=1S/C18H21FN4O2/c1-10-12(9-20-23(10)18(2,3)4)17(25)22-15-7-11-5-6-16(24)21-14(11)8-13(15)19/h7-9H,5-6H2,1-4H3,(H,21,24)(H,22,25). The molecule has 0 bridgehead atoms. The Balaban J connectivity index is 1.87. The number of aryl methyl sites for hydroxylation is 1. The van der Waals surface area contributed by atoms with Gasteiger partial charge in [-0.1, -0.05) is 0 Å². The van der Waals surface area contributed by atoms with E-state index < -0.39 is 11.7 Å². The highest BCUT2D eigenvalue weighted by Crippen LogP contribution is 2.29. The quantitative estimate of drug-likeness (QED) is 0.878. The predicted octanol–water partition coefficient (Wildman–Crippen LogP) is 3.22. The maximum Gasteiger partial charge on any atom is 0.259 e. The molecule has 2 amide bonds. The van der Waals surface area contributed by atoms with E-state index in [-0.39, 0.29) is 17.1 Å². The Hall–Kier alpha value is -2.70. The van der Waals surface area contributed by atoms with Gasteiger partial charge in [-0.05, 0) is 51.8 Å². The lowest BCUT2D eigenvalue weighted by molar-refractivity contribution is -0.116. The van der Waals surface area contributed by atoms with E-state index in [9.17, 15) is 14.0 Å². The fraction of sp³-hybridized carbons (Fsp3) is 0.389. The number of anilines is 2. The third kappa shape index (κ3) is 3.26. The maximum absolute atomic E-state index is 14.3. The van der Waals surface area contributed by atoms with Crippen molar-refractivity contribution in [3.8, 4) is 0 Å². The maximum atomic E-state index is 14.3. The molecule has 1 aromatic carbocycles. The Morgan fingerprint density at radius 2 is 2.04 bits per heavy atom. The fourth-order valence-electron chi connectivity index (χ4n) is 3.00. The Bertz CT molecular complexity index is 865. The second kappa shape index (κ2) is 5.98. The predicted molar refractivity (Wildman–Crippen MR) is 93.3 cm³/mol. The summed E-state index contributed by atoms with van der Waals surface area (Å²) in [6, 6.07) is 2.82. The summed E-state index contributed by atoms with van der Waals surface area (Å²) in [5.41, 5.74) is 2.23. The number of nitrogens with one attached hydrogen (secondary N) is 2. The Morgan fingerprint density at radius 1 is 1.32 bits per heavy atom. The van der Waals surface area contributed by atoms with Gasteiger partial charge in [-0.3, -0.25) is 14.3 Å². The van der Waals surface area contributed by atoms with Crippen LogP contribution >= 0.6 is 0 Å². The molecule has 0 saturated heterocycles. The first-order valence-electron chi connectivity index (χ1n) is 8.15. The first-order valence-corrected chi connectivity index (χ1v) is 8.15. The normalized spacial score (nSPS) is 14.0. The topological polar surface area (TPSA) is 76.0 Å². The molecule has 0 unspecified atom stereocenters. The van der Waals surface area contributed by atoms with Gasteiger partial charge in [0.05, 0.1) is 23.0 Å². The highest BCUT2D eigenvalue weighted by Gasteiger charge is 2.23. The minimum Gasteiger partial charge on any atom is -0.326 e. The SMILES string of the molecule is Cc1c(C(=O)Nc2cc3c(cc2F)NC(=O)CC3)cnn1C(C)(C)C. The van der Waals surface area contributed by atoms with E-state index >= 15 is 0 Å². The largest absolute Gasteiger partial charge is 0.326 e. The zero-order valence-corrected chi connectivity index (χ0v) is 14.7. The second-order valence-electron chi connectivity index (χ2n) is 7.22. The van der Waals surface area contributed by atoms with E-state index in [0.717, 1.165) is 11.3 Å². The van der Waals surface area contributed by atoms with Crippen molar-refractivity contribution in [3.05, 3.63) is 41.0 Å². The lowest BCUT2D eigenvalue weighted by Crippen LogP contribution is -2.25. The molecule has 3 rings (SSSR count). The molecule has 7 heteroatoms. The number of hydrogen-bond acceptors (Lipinski definition) is 3. The van der Waals surface area contributed by atoms with Crippen molar-refractivity contribution >= 4 is 23.2 Å². The summed E-state index contributed by atoms with van der Waals surface area (Å²) in [7, 11) is 0. The number of nitrogens with zero attached hydrogens (tertiary/aromatic N) is 2. The van der Waals surface area contributed by atoms with Crippen molar-refractivity contribution in [2.45, 2.75) is 46.1 Å². The van der Waals surface area contributed by atoms with Crippen LogP contribution in [-0.2, 0) is 16.8 Å². The van der Waals surface area contributed by atoms with Gasteiger partial charge in [0, 0.05) is 17.8 Å². The van der Waals surface area contributed by atoms with Gasteiger partial charge >= 0.3 is 0 Å². The summed E-state index contributed by atoms with van der Waals surface area (Å²) in [5.74, 6) is -1.13. The third-order valence-electron chi connectivity index (χ3n) is 4.23. The number of carbonyl (C=O) groups excluding carboxylic acids is 2. The molecule has 0 saturated carbocycles. The first-order chi connectivity index (χ1) is 11.7. The molecule has 0 aliphatic carbocycles. The molecule has 25 heavy (non-hydrogen) atoms. The summed E-state index contributed by atoms with van der Waals surface area (Å²) in [6.07, 6.45) is 2.36. The molecule has 1 aliphatic heterocycles. The fourth-order valence-corrected chi connectivity index (χ4v) is 3.00. The van der Waals surface area contributed by atoms with E-state index in [1.807, 2.05) is 27.7 Å². The van der Waals surface area contributed by atoms with Gasteiger partial charge in [0.15, 0.2) is 0 Å². The number of hydrogen-bond donors (Lipinski definition) is 2. The number of benzene rings is 1. The van der Waals surface area contributed by atoms with Crippen LogP contribution in [0.1, 0.15) is 48.8 Å². The van der Waals surface area contributed by atoms with Gasteiger partial charge in [-0.25, -0.2) is 4.39 Å². The number of carbonyl (C=O) groups is 2. The minimum absolute atomic E-state index is 0.0998. The molecule has 1 aromatic heterocycles. The zero-order chi connectivity index (χ0) is 18.4. The van der Waals surface area contributed by atoms with E-state index in [4.69, 9.17) is 0 Å². The molecule has 2 N–H and O–H groups in total. The van der Waals surface area contributed by atoms with E-state index in [0.29, 0.717) is 24.1 Å². The Labute approximate surface area is 145 Å². The number of rotatable bonds is 2. The highest BCUT2D eigenvalue weighted by atomic mass is 19.1. The van der Waals surface area contributed by atoms with Crippen LogP contribution in [0.2, 0.25) is 0 Å². The van der Waals surface area contributed by atoms with Crippen molar-refractivity contribution in [3.63, 3.8) is 0 Å². The van der Waals surface area contributed by atoms with Crippen molar-refractivity contribution in [2.24, 2.45) is 0 Å². The highest BCUT2D eigenvalue weighted by molar-refractivity contribution is 6.05. The first kappa shape index (κ1) is 17.1. The van der Waals surface area contributed by atoms with Crippen LogP contribution < -0.4 is 10.6 Å². The summed E-state index contributed by atoms with van der Waals surface area (Å²) in [6.45, 7) is 7.79. The van der Waals surface area contributed by atoms with Crippen LogP contribution in [0.4, 0.5) is 15.8 Å². The smallest absolute Gasteiger partial charge is 0.259 e. The lowest BCUT2D eigenvalue weighted by Gasteiger charge is -2.21. The average molecular weight is 344 g/mol. The summed E-state index contributed by atoms with van der Waals surface area (Å²) < 4.78 is 16.1. The molecule has 1 aliphatic rings. The minimum atomic E-state index is -0.588. The van der Waals surface area contributed by atoms with Gasteiger partial charge in [-0.2, -0.15) is 5.10 Å². The van der Waals surface area contributed by atoms with Crippen molar-refractivity contribution in [1.82, 2.24) is 9.78 Å². The molecule has 2 aromatic rings. The van der Waals surface area contributed by atoms with Gasteiger partial charge in [0.2, 0.25) is 5.91 Å². The van der Waals surface area contributed by atoms with Crippen LogP contribution in [0.5, 0.6) is 0 Å². The Kier molecular flexibility index (Phi) is 4.10. The van der Waals surface area contributed by atoms with E-state index in [2.05, 4.69) is 15.7 Å².